The first kappa shape index (κ1) is 13.9. The topological polar surface area (TPSA) is 36.4 Å². The molecule has 4 nitrogen and oxygen atoms in total. The Morgan fingerprint density at radius 3 is 2.53 bits per heavy atom. The number of rotatable bonds is 5. The standard InChI is InChI=1S/C12H18ClN3O/c1-15(2)7-4-8-16(3)12(17)10-5-6-11(13)14-9-10/h5-6,9H,4,7-8H2,1-3H3. The number of carbonyl (C=O) groups is 1. The first-order valence-electron chi connectivity index (χ1n) is 5.52. The number of halogens is 1. The highest BCUT2D eigenvalue weighted by Gasteiger charge is 2.11. The van der Waals surface area contributed by atoms with E-state index in [0.717, 1.165) is 19.5 Å². The molecule has 0 fully saturated rings. The predicted octanol–water partition coefficient (Wildman–Crippen LogP) is 1.76. The van der Waals surface area contributed by atoms with Crippen molar-refractivity contribution in [2.24, 2.45) is 0 Å². The third-order valence-electron chi connectivity index (χ3n) is 2.42. The van der Waals surface area contributed by atoms with E-state index in [0.29, 0.717) is 10.7 Å². The van der Waals surface area contributed by atoms with Gasteiger partial charge in [-0.05, 0) is 39.2 Å². The molecule has 0 aliphatic carbocycles. The van der Waals surface area contributed by atoms with Crippen molar-refractivity contribution in [3.05, 3.63) is 29.0 Å². The molecule has 0 aliphatic heterocycles. The van der Waals surface area contributed by atoms with Crippen LogP contribution in [-0.4, -0.2) is 54.9 Å². The molecule has 0 spiro atoms. The number of hydrogen-bond donors (Lipinski definition) is 0. The number of pyridine rings is 1. The molecule has 94 valence electrons. The average Bonchev–Trinajstić information content (AvgIpc) is 2.28. The minimum atomic E-state index is -0.0204. The average molecular weight is 256 g/mol. The molecule has 0 saturated carbocycles. The molecule has 0 bridgehead atoms. The van der Waals surface area contributed by atoms with Gasteiger partial charge in [0.2, 0.25) is 0 Å². The quantitative estimate of drug-likeness (QED) is 0.753. The molecule has 0 radical (unpaired) electrons. The number of hydrogen-bond acceptors (Lipinski definition) is 3. The van der Waals surface area contributed by atoms with Gasteiger partial charge < -0.3 is 9.80 Å². The molecule has 1 aromatic heterocycles. The van der Waals surface area contributed by atoms with Gasteiger partial charge in [0.1, 0.15) is 5.15 Å². The fourth-order valence-electron chi connectivity index (χ4n) is 1.45. The summed E-state index contributed by atoms with van der Waals surface area (Å²) in [7, 11) is 5.84. The van der Waals surface area contributed by atoms with Gasteiger partial charge >= 0.3 is 0 Å². The largest absolute Gasteiger partial charge is 0.342 e. The fraction of sp³-hybridized carbons (Fsp3) is 0.500. The van der Waals surface area contributed by atoms with Gasteiger partial charge in [-0.25, -0.2) is 4.98 Å². The summed E-state index contributed by atoms with van der Waals surface area (Å²) in [5.41, 5.74) is 0.571. The molecule has 1 rings (SSSR count). The van der Waals surface area contributed by atoms with Crippen LogP contribution < -0.4 is 0 Å². The molecule has 0 aromatic carbocycles. The van der Waals surface area contributed by atoms with E-state index in [1.54, 1.807) is 24.1 Å². The van der Waals surface area contributed by atoms with Crippen molar-refractivity contribution >= 4 is 17.5 Å². The molecule has 0 saturated heterocycles. The van der Waals surface area contributed by atoms with Crippen molar-refractivity contribution in [2.45, 2.75) is 6.42 Å². The van der Waals surface area contributed by atoms with E-state index >= 15 is 0 Å². The molecule has 0 N–H and O–H groups in total. The van der Waals surface area contributed by atoms with E-state index in [1.165, 1.54) is 6.20 Å². The molecule has 1 aromatic rings. The summed E-state index contributed by atoms with van der Waals surface area (Å²) in [5.74, 6) is -0.0204. The normalized spacial score (nSPS) is 10.6. The maximum atomic E-state index is 12.0. The smallest absolute Gasteiger partial charge is 0.255 e. The Hall–Kier alpha value is -1.13. The van der Waals surface area contributed by atoms with Gasteiger partial charge in [0.15, 0.2) is 0 Å². The minimum Gasteiger partial charge on any atom is -0.342 e. The number of aromatic nitrogens is 1. The Kier molecular flexibility index (Phi) is 5.38. The van der Waals surface area contributed by atoms with Crippen LogP contribution in [0.2, 0.25) is 5.15 Å². The van der Waals surface area contributed by atoms with Crippen LogP contribution in [0.15, 0.2) is 18.3 Å². The van der Waals surface area contributed by atoms with Gasteiger partial charge in [0.25, 0.3) is 5.91 Å². The Morgan fingerprint density at radius 1 is 1.29 bits per heavy atom. The van der Waals surface area contributed by atoms with Crippen LogP contribution in [0.1, 0.15) is 16.8 Å². The Morgan fingerprint density at radius 2 is 2.00 bits per heavy atom. The van der Waals surface area contributed by atoms with E-state index in [4.69, 9.17) is 11.6 Å². The van der Waals surface area contributed by atoms with Gasteiger partial charge in [0, 0.05) is 19.8 Å². The first-order chi connectivity index (χ1) is 8.00. The van der Waals surface area contributed by atoms with Gasteiger partial charge in [-0.1, -0.05) is 11.6 Å². The molecular formula is C12H18ClN3O. The number of amides is 1. The summed E-state index contributed by atoms with van der Waals surface area (Å²) < 4.78 is 0. The third-order valence-corrected chi connectivity index (χ3v) is 2.64. The Bertz CT molecular complexity index is 365. The highest BCUT2D eigenvalue weighted by Crippen LogP contribution is 2.07. The molecule has 1 heterocycles. The lowest BCUT2D eigenvalue weighted by atomic mass is 10.2. The fourth-order valence-corrected chi connectivity index (χ4v) is 1.56. The molecule has 1 amide bonds. The lowest BCUT2D eigenvalue weighted by Crippen LogP contribution is -2.29. The molecule has 5 heteroatoms. The van der Waals surface area contributed by atoms with E-state index < -0.39 is 0 Å². The summed E-state index contributed by atoms with van der Waals surface area (Å²) in [6.45, 7) is 1.70. The van der Waals surface area contributed by atoms with Gasteiger partial charge in [-0.15, -0.1) is 0 Å². The maximum Gasteiger partial charge on any atom is 0.255 e. The van der Waals surface area contributed by atoms with Gasteiger partial charge in [-0.3, -0.25) is 4.79 Å². The molecular weight excluding hydrogens is 238 g/mol. The van der Waals surface area contributed by atoms with Crippen molar-refractivity contribution in [1.82, 2.24) is 14.8 Å². The van der Waals surface area contributed by atoms with E-state index in [-0.39, 0.29) is 5.91 Å². The zero-order chi connectivity index (χ0) is 12.8. The SMILES string of the molecule is CN(C)CCCN(C)C(=O)c1ccc(Cl)nc1. The minimum absolute atomic E-state index is 0.0204. The number of nitrogens with zero attached hydrogens (tertiary/aromatic N) is 3. The van der Waals surface area contributed by atoms with Crippen molar-refractivity contribution in [2.75, 3.05) is 34.2 Å². The lowest BCUT2D eigenvalue weighted by molar-refractivity contribution is 0.0790. The highest BCUT2D eigenvalue weighted by molar-refractivity contribution is 6.29. The third kappa shape index (κ3) is 4.71. The molecule has 0 atom stereocenters. The van der Waals surface area contributed by atoms with E-state index in [2.05, 4.69) is 9.88 Å². The second-order valence-corrected chi connectivity index (χ2v) is 4.64. The summed E-state index contributed by atoms with van der Waals surface area (Å²) >= 11 is 5.67. The zero-order valence-corrected chi connectivity index (χ0v) is 11.2. The highest BCUT2D eigenvalue weighted by atomic mass is 35.5. The van der Waals surface area contributed by atoms with Crippen LogP contribution in [0.25, 0.3) is 0 Å². The van der Waals surface area contributed by atoms with Crippen LogP contribution >= 0.6 is 11.6 Å². The molecule has 0 unspecified atom stereocenters. The van der Waals surface area contributed by atoms with E-state index in [1.807, 2.05) is 14.1 Å². The van der Waals surface area contributed by atoms with Crippen LogP contribution in [0.5, 0.6) is 0 Å². The zero-order valence-electron chi connectivity index (χ0n) is 10.5. The lowest BCUT2D eigenvalue weighted by Gasteiger charge is -2.18. The molecule has 0 aliphatic rings. The van der Waals surface area contributed by atoms with Crippen LogP contribution in [0.3, 0.4) is 0 Å². The second-order valence-electron chi connectivity index (χ2n) is 4.25. The first-order valence-corrected chi connectivity index (χ1v) is 5.90. The van der Waals surface area contributed by atoms with Crippen molar-refractivity contribution in [3.8, 4) is 0 Å². The van der Waals surface area contributed by atoms with Crippen LogP contribution in [0, 0.1) is 0 Å². The second kappa shape index (κ2) is 6.57. The van der Waals surface area contributed by atoms with Crippen molar-refractivity contribution < 1.29 is 4.79 Å². The maximum absolute atomic E-state index is 12.0. The summed E-state index contributed by atoms with van der Waals surface area (Å²) in [5, 5.41) is 0.400. The van der Waals surface area contributed by atoms with Crippen molar-refractivity contribution in [1.29, 1.82) is 0 Å². The predicted molar refractivity (Wildman–Crippen MR) is 69.4 cm³/mol. The number of carbonyl (C=O) groups excluding carboxylic acids is 1. The van der Waals surface area contributed by atoms with Gasteiger partial charge in [-0.2, -0.15) is 0 Å². The summed E-state index contributed by atoms with van der Waals surface area (Å²) in [4.78, 5) is 19.7. The van der Waals surface area contributed by atoms with Gasteiger partial charge in [0.05, 0.1) is 5.56 Å². The van der Waals surface area contributed by atoms with Crippen LogP contribution in [0.4, 0.5) is 0 Å². The Balaban J connectivity index is 2.49. The van der Waals surface area contributed by atoms with Crippen molar-refractivity contribution in [3.63, 3.8) is 0 Å². The monoisotopic (exact) mass is 255 g/mol. The summed E-state index contributed by atoms with van der Waals surface area (Å²) in [6.07, 6.45) is 2.46. The Labute approximate surface area is 107 Å². The van der Waals surface area contributed by atoms with Crippen LogP contribution in [-0.2, 0) is 0 Å². The molecule has 17 heavy (non-hydrogen) atoms. The summed E-state index contributed by atoms with van der Waals surface area (Å²) in [6, 6.07) is 3.32. The van der Waals surface area contributed by atoms with E-state index in [9.17, 15) is 4.79 Å².